The second-order valence-electron chi connectivity index (χ2n) is 8.52. The van der Waals surface area contributed by atoms with Crippen LogP contribution in [0.1, 0.15) is 46.0 Å². The maximum atomic E-state index is 12.9. The van der Waals surface area contributed by atoms with E-state index in [1.54, 1.807) is 0 Å². The number of nitrogens with zero attached hydrogens (tertiary/aromatic N) is 2. The second-order valence-corrected chi connectivity index (χ2v) is 8.52. The molecule has 188 valence electrons. The van der Waals surface area contributed by atoms with E-state index in [1.165, 1.54) is 4.90 Å². The van der Waals surface area contributed by atoms with Crippen molar-refractivity contribution in [1.82, 2.24) is 15.5 Å². The van der Waals surface area contributed by atoms with E-state index >= 15 is 0 Å². The van der Waals surface area contributed by atoms with Crippen molar-refractivity contribution >= 4 is 29.7 Å². The van der Waals surface area contributed by atoms with E-state index < -0.39 is 54.5 Å². The van der Waals surface area contributed by atoms with Gasteiger partial charge in [0, 0.05) is 13.1 Å². The summed E-state index contributed by atoms with van der Waals surface area (Å²) < 4.78 is 0. The van der Waals surface area contributed by atoms with Gasteiger partial charge in [0.2, 0.25) is 17.7 Å². The first-order valence-corrected chi connectivity index (χ1v) is 11.0. The zero-order valence-corrected chi connectivity index (χ0v) is 19.2. The van der Waals surface area contributed by atoms with Crippen LogP contribution in [0.25, 0.3) is 0 Å². The Labute approximate surface area is 193 Å². The fourth-order valence-electron chi connectivity index (χ4n) is 3.60. The lowest BCUT2D eigenvalue weighted by atomic mass is 10.0. The van der Waals surface area contributed by atoms with E-state index in [1.807, 2.05) is 13.8 Å². The average molecular weight is 472 g/mol. The van der Waals surface area contributed by atoms with Crippen LogP contribution in [-0.4, -0.2) is 88.6 Å². The van der Waals surface area contributed by atoms with Crippen molar-refractivity contribution in [3.8, 4) is 0 Å². The summed E-state index contributed by atoms with van der Waals surface area (Å²) in [6, 6.07) is -4.10. The van der Waals surface area contributed by atoms with Gasteiger partial charge in [0.05, 0.1) is 6.61 Å². The number of aliphatic imine (C=N–C) groups is 1. The fraction of sp³-hybridized carbons (Fsp3) is 0.750. The van der Waals surface area contributed by atoms with Crippen molar-refractivity contribution in [2.45, 2.75) is 70.1 Å². The Morgan fingerprint density at radius 2 is 1.82 bits per heavy atom. The molecular formula is C20H37N7O6. The number of nitrogens with two attached hydrogens (primary N) is 3. The Morgan fingerprint density at radius 3 is 2.36 bits per heavy atom. The molecule has 0 aromatic heterocycles. The van der Waals surface area contributed by atoms with Gasteiger partial charge in [-0.25, -0.2) is 4.79 Å². The molecule has 1 heterocycles. The largest absolute Gasteiger partial charge is 0.480 e. The molecule has 1 rings (SSSR count). The Hall–Kier alpha value is -2.93. The topological polar surface area (TPSA) is 226 Å². The van der Waals surface area contributed by atoms with E-state index in [0.29, 0.717) is 25.8 Å². The molecule has 0 saturated carbocycles. The minimum atomic E-state index is -1.21. The van der Waals surface area contributed by atoms with Crippen LogP contribution >= 0.6 is 0 Å². The molecule has 0 radical (unpaired) electrons. The van der Waals surface area contributed by atoms with Gasteiger partial charge in [0.15, 0.2) is 5.96 Å². The van der Waals surface area contributed by atoms with Gasteiger partial charge in [-0.3, -0.25) is 19.4 Å². The van der Waals surface area contributed by atoms with E-state index in [4.69, 9.17) is 22.3 Å². The van der Waals surface area contributed by atoms with Crippen molar-refractivity contribution < 1.29 is 29.4 Å². The molecule has 3 amide bonds. The van der Waals surface area contributed by atoms with Crippen LogP contribution < -0.4 is 27.8 Å². The highest BCUT2D eigenvalue weighted by Gasteiger charge is 2.37. The highest BCUT2D eigenvalue weighted by molar-refractivity contribution is 5.94. The van der Waals surface area contributed by atoms with Gasteiger partial charge in [-0.1, -0.05) is 13.8 Å². The number of carboxylic acid groups (broad SMARTS) is 1. The number of hydrogen-bond acceptors (Lipinski definition) is 7. The molecule has 0 bridgehead atoms. The highest BCUT2D eigenvalue weighted by atomic mass is 16.4. The summed E-state index contributed by atoms with van der Waals surface area (Å²) >= 11 is 0. The van der Waals surface area contributed by atoms with E-state index in [-0.39, 0.29) is 31.3 Å². The molecule has 4 unspecified atom stereocenters. The van der Waals surface area contributed by atoms with Gasteiger partial charge in [-0.15, -0.1) is 0 Å². The van der Waals surface area contributed by atoms with Crippen molar-refractivity contribution in [2.24, 2.45) is 28.1 Å². The molecule has 0 aliphatic carbocycles. The Balaban J connectivity index is 2.85. The number of aliphatic carboxylic acids is 1. The molecule has 0 aromatic carbocycles. The number of likely N-dealkylation sites (tertiary alicyclic amines) is 1. The second kappa shape index (κ2) is 13.6. The Kier molecular flexibility index (Phi) is 11.6. The number of carbonyl (C=O) groups is 4. The van der Waals surface area contributed by atoms with Gasteiger partial charge in [0.1, 0.15) is 24.2 Å². The number of guanidine groups is 1. The molecule has 0 aromatic rings. The third-order valence-corrected chi connectivity index (χ3v) is 5.25. The summed E-state index contributed by atoms with van der Waals surface area (Å²) in [6.07, 6.45) is 1.69. The molecule has 0 spiro atoms. The van der Waals surface area contributed by atoms with Crippen molar-refractivity contribution in [3.05, 3.63) is 0 Å². The lowest BCUT2D eigenvalue weighted by Crippen LogP contribution is -2.57. The minimum absolute atomic E-state index is 0.0234. The molecule has 1 saturated heterocycles. The molecule has 13 heteroatoms. The van der Waals surface area contributed by atoms with Crippen molar-refractivity contribution in [1.29, 1.82) is 0 Å². The van der Waals surface area contributed by atoms with Gasteiger partial charge in [-0.2, -0.15) is 0 Å². The first kappa shape index (κ1) is 28.1. The number of hydrogen-bond donors (Lipinski definition) is 7. The Bertz CT molecular complexity index is 726. The molecule has 1 fully saturated rings. The molecule has 13 nitrogen and oxygen atoms in total. The van der Waals surface area contributed by atoms with Gasteiger partial charge in [-0.05, 0) is 38.0 Å². The summed E-state index contributed by atoms with van der Waals surface area (Å²) in [7, 11) is 0. The molecule has 1 aliphatic rings. The normalized spacial score (nSPS) is 18.3. The average Bonchev–Trinajstić information content (AvgIpc) is 3.23. The van der Waals surface area contributed by atoms with Crippen LogP contribution in [-0.2, 0) is 19.2 Å². The maximum absolute atomic E-state index is 12.9. The summed E-state index contributed by atoms with van der Waals surface area (Å²) in [5.74, 6) is -2.99. The van der Waals surface area contributed by atoms with Crippen LogP contribution in [0.2, 0.25) is 0 Å². The van der Waals surface area contributed by atoms with E-state index in [0.717, 1.165) is 0 Å². The van der Waals surface area contributed by atoms with Gasteiger partial charge >= 0.3 is 5.97 Å². The van der Waals surface area contributed by atoms with Crippen molar-refractivity contribution in [3.63, 3.8) is 0 Å². The summed E-state index contributed by atoms with van der Waals surface area (Å²) in [5.41, 5.74) is 16.1. The van der Waals surface area contributed by atoms with E-state index in [9.17, 15) is 24.3 Å². The molecule has 1 aliphatic heterocycles. The number of carbonyl (C=O) groups excluding carboxylic acids is 3. The number of aliphatic hydroxyl groups is 1. The van der Waals surface area contributed by atoms with Gasteiger partial charge in [0.25, 0.3) is 0 Å². The van der Waals surface area contributed by atoms with Gasteiger partial charge < -0.3 is 42.9 Å². The van der Waals surface area contributed by atoms with Crippen LogP contribution in [0.5, 0.6) is 0 Å². The zero-order valence-electron chi connectivity index (χ0n) is 19.2. The number of rotatable bonds is 13. The van der Waals surface area contributed by atoms with E-state index in [2.05, 4.69) is 15.6 Å². The Morgan fingerprint density at radius 1 is 1.15 bits per heavy atom. The van der Waals surface area contributed by atoms with Crippen LogP contribution in [0.15, 0.2) is 4.99 Å². The van der Waals surface area contributed by atoms with Crippen molar-refractivity contribution in [2.75, 3.05) is 19.7 Å². The summed E-state index contributed by atoms with van der Waals surface area (Å²) in [5, 5.41) is 23.7. The smallest absolute Gasteiger partial charge is 0.326 e. The molecule has 33 heavy (non-hydrogen) atoms. The zero-order chi connectivity index (χ0) is 25.1. The molecular weight excluding hydrogens is 434 g/mol. The number of aliphatic hydroxyl groups excluding tert-OH is 1. The third-order valence-electron chi connectivity index (χ3n) is 5.25. The molecule has 10 N–H and O–H groups in total. The SMILES string of the molecule is CC(C)CC(NC(=O)C1CCCN1C(=O)C(N)CO)C(=O)NC(CCCN=C(N)N)C(=O)O. The third kappa shape index (κ3) is 9.22. The molecule has 4 atom stereocenters. The number of nitrogens with one attached hydrogen (secondary N) is 2. The highest BCUT2D eigenvalue weighted by Crippen LogP contribution is 2.19. The standard InChI is InChI=1S/C20H37N7O6/c1-11(2)9-14(16(29)25-13(19(32)33)5-3-7-24-20(22)23)26-17(30)15-6-4-8-27(15)18(31)12(21)10-28/h11-15,28H,3-10,21H2,1-2H3,(H,25,29)(H,26,30)(H,32,33)(H4,22,23,24). The first-order chi connectivity index (χ1) is 15.5. The first-order valence-electron chi connectivity index (χ1n) is 11.0. The lowest BCUT2D eigenvalue weighted by molar-refractivity contribution is -0.143. The monoisotopic (exact) mass is 471 g/mol. The van der Waals surface area contributed by atoms with Crippen LogP contribution in [0.3, 0.4) is 0 Å². The quantitative estimate of drug-likeness (QED) is 0.0850. The minimum Gasteiger partial charge on any atom is -0.480 e. The number of amides is 3. The van der Waals surface area contributed by atoms with Crippen LogP contribution in [0, 0.1) is 5.92 Å². The summed E-state index contributed by atoms with van der Waals surface area (Å²) in [6.45, 7) is 3.73. The number of carboxylic acids is 1. The maximum Gasteiger partial charge on any atom is 0.326 e. The summed E-state index contributed by atoms with van der Waals surface area (Å²) in [4.78, 5) is 54.8. The predicted octanol–water partition coefficient (Wildman–Crippen LogP) is -2.55. The lowest BCUT2D eigenvalue weighted by Gasteiger charge is -2.28. The predicted molar refractivity (Wildman–Crippen MR) is 121 cm³/mol. The van der Waals surface area contributed by atoms with Crippen LogP contribution in [0.4, 0.5) is 0 Å². The fourth-order valence-corrected chi connectivity index (χ4v) is 3.60.